The zero-order chi connectivity index (χ0) is 18.0. The number of carbonyl (C=O) groups is 2. The first-order valence-corrected chi connectivity index (χ1v) is 7.47. The summed E-state index contributed by atoms with van der Waals surface area (Å²) in [5.74, 6) is -3.49. The van der Waals surface area contributed by atoms with Gasteiger partial charge in [-0.1, -0.05) is 18.2 Å². The lowest BCUT2D eigenvalue weighted by Gasteiger charge is -2.08. The third-order valence-electron chi connectivity index (χ3n) is 3.64. The van der Waals surface area contributed by atoms with Crippen molar-refractivity contribution in [2.24, 2.45) is 0 Å². The van der Waals surface area contributed by atoms with Crippen LogP contribution < -0.4 is 0 Å². The number of benzene rings is 2. The van der Waals surface area contributed by atoms with Gasteiger partial charge in [0.2, 0.25) is 0 Å². The third kappa shape index (κ3) is 3.52. The first-order valence-electron chi connectivity index (χ1n) is 7.47. The predicted octanol–water partition coefficient (Wildman–Crippen LogP) is 3.86. The van der Waals surface area contributed by atoms with E-state index in [0.29, 0.717) is 22.2 Å². The van der Waals surface area contributed by atoms with Crippen molar-refractivity contribution in [2.45, 2.75) is 6.92 Å². The standard InChI is InChI=1S/C19H13F2NO3/c1-11-8-14(13-4-2-3-5-17(13)22-11)19(24)25-10-18(23)12-6-7-15(20)16(21)9-12/h2-9H,10H2,1H3. The molecule has 0 saturated carbocycles. The van der Waals surface area contributed by atoms with Gasteiger partial charge < -0.3 is 4.74 Å². The number of hydrogen-bond acceptors (Lipinski definition) is 4. The third-order valence-corrected chi connectivity index (χ3v) is 3.64. The van der Waals surface area contributed by atoms with Crippen molar-refractivity contribution in [1.29, 1.82) is 0 Å². The second-order valence-electron chi connectivity index (χ2n) is 5.46. The van der Waals surface area contributed by atoms with Crippen molar-refractivity contribution in [1.82, 2.24) is 4.98 Å². The van der Waals surface area contributed by atoms with Crippen LogP contribution in [0.25, 0.3) is 10.9 Å². The van der Waals surface area contributed by atoms with Gasteiger partial charge in [0.25, 0.3) is 0 Å². The van der Waals surface area contributed by atoms with Crippen molar-refractivity contribution >= 4 is 22.7 Å². The number of carbonyl (C=O) groups excluding carboxylic acids is 2. The van der Waals surface area contributed by atoms with Crippen LogP contribution in [-0.4, -0.2) is 23.3 Å². The molecule has 0 saturated heterocycles. The molecule has 0 radical (unpaired) electrons. The van der Waals surface area contributed by atoms with Gasteiger partial charge in [0.05, 0.1) is 11.1 Å². The number of ether oxygens (including phenoxy) is 1. The number of halogens is 2. The van der Waals surface area contributed by atoms with Crippen LogP contribution in [0.15, 0.2) is 48.5 Å². The summed E-state index contributed by atoms with van der Waals surface area (Å²) in [7, 11) is 0. The summed E-state index contributed by atoms with van der Waals surface area (Å²) in [4.78, 5) is 28.7. The fraction of sp³-hybridized carbons (Fsp3) is 0.105. The quantitative estimate of drug-likeness (QED) is 0.534. The Kier molecular flexibility index (Phi) is 4.52. The average Bonchev–Trinajstić information content (AvgIpc) is 2.60. The summed E-state index contributed by atoms with van der Waals surface area (Å²) in [5.41, 5.74) is 1.50. The molecular formula is C19H13F2NO3. The van der Waals surface area contributed by atoms with Gasteiger partial charge >= 0.3 is 5.97 Å². The highest BCUT2D eigenvalue weighted by molar-refractivity contribution is 6.05. The molecule has 0 amide bonds. The van der Waals surface area contributed by atoms with Gasteiger partial charge in [0.1, 0.15) is 0 Å². The summed E-state index contributed by atoms with van der Waals surface area (Å²) in [5, 5.41) is 0.610. The van der Waals surface area contributed by atoms with E-state index in [1.54, 1.807) is 37.3 Å². The maximum Gasteiger partial charge on any atom is 0.339 e. The molecule has 3 aromatic rings. The molecule has 2 aromatic carbocycles. The van der Waals surface area contributed by atoms with E-state index in [0.717, 1.165) is 18.2 Å². The van der Waals surface area contributed by atoms with Crippen LogP contribution in [0.3, 0.4) is 0 Å². The van der Waals surface area contributed by atoms with E-state index >= 15 is 0 Å². The fourth-order valence-electron chi connectivity index (χ4n) is 2.44. The highest BCUT2D eigenvalue weighted by atomic mass is 19.2. The Bertz CT molecular complexity index is 986. The zero-order valence-electron chi connectivity index (χ0n) is 13.3. The monoisotopic (exact) mass is 341 g/mol. The number of aromatic nitrogens is 1. The summed E-state index contributed by atoms with van der Waals surface area (Å²) < 4.78 is 31.1. The van der Waals surface area contributed by atoms with Gasteiger partial charge in [0.15, 0.2) is 24.0 Å². The molecule has 1 heterocycles. The van der Waals surface area contributed by atoms with Crippen molar-refractivity contribution in [3.8, 4) is 0 Å². The SMILES string of the molecule is Cc1cc(C(=O)OCC(=O)c2ccc(F)c(F)c2)c2ccccc2n1. The number of esters is 1. The molecule has 0 aliphatic rings. The Hall–Kier alpha value is -3.15. The molecule has 0 unspecified atom stereocenters. The van der Waals surface area contributed by atoms with Gasteiger partial charge in [-0.25, -0.2) is 13.6 Å². The van der Waals surface area contributed by atoms with Gasteiger partial charge in [-0.3, -0.25) is 9.78 Å². The Balaban J connectivity index is 1.79. The smallest absolute Gasteiger partial charge is 0.339 e. The molecular weight excluding hydrogens is 328 g/mol. The van der Waals surface area contributed by atoms with Gasteiger partial charge in [0, 0.05) is 16.6 Å². The Labute approximate surface area is 142 Å². The van der Waals surface area contributed by atoms with Gasteiger partial charge in [-0.05, 0) is 37.3 Å². The lowest BCUT2D eigenvalue weighted by atomic mass is 10.1. The maximum atomic E-state index is 13.2. The van der Waals surface area contributed by atoms with Crippen molar-refractivity contribution in [3.05, 3.63) is 77.0 Å². The minimum Gasteiger partial charge on any atom is -0.454 e. The molecule has 25 heavy (non-hydrogen) atoms. The number of para-hydroxylation sites is 1. The van der Waals surface area contributed by atoms with Crippen molar-refractivity contribution in [2.75, 3.05) is 6.61 Å². The molecule has 3 rings (SSSR count). The number of hydrogen-bond donors (Lipinski definition) is 0. The van der Waals surface area contributed by atoms with Crippen LogP contribution >= 0.6 is 0 Å². The first kappa shape index (κ1) is 16.7. The summed E-state index contributed by atoms with van der Waals surface area (Å²) in [6.07, 6.45) is 0. The number of ketones is 1. The number of fused-ring (bicyclic) bond motifs is 1. The normalized spacial score (nSPS) is 10.7. The molecule has 0 N–H and O–H groups in total. The van der Waals surface area contributed by atoms with E-state index in [1.807, 2.05) is 0 Å². The Morgan fingerprint density at radius 2 is 1.80 bits per heavy atom. The molecule has 0 atom stereocenters. The largest absolute Gasteiger partial charge is 0.454 e. The number of pyridine rings is 1. The minimum absolute atomic E-state index is 0.0672. The molecule has 4 nitrogen and oxygen atoms in total. The molecule has 6 heteroatoms. The highest BCUT2D eigenvalue weighted by Gasteiger charge is 2.16. The topological polar surface area (TPSA) is 56.3 Å². The van der Waals surface area contributed by atoms with E-state index in [1.165, 1.54) is 0 Å². The predicted molar refractivity (Wildman–Crippen MR) is 87.5 cm³/mol. The van der Waals surface area contributed by atoms with E-state index in [9.17, 15) is 18.4 Å². The van der Waals surface area contributed by atoms with Crippen LogP contribution in [0.5, 0.6) is 0 Å². The minimum atomic E-state index is -1.13. The molecule has 0 spiro atoms. The maximum absolute atomic E-state index is 13.2. The van der Waals surface area contributed by atoms with Crippen LogP contribution in [0.4, 0.5) is 8.78 Å². The first-order chi connectivity index (χ1) is 12.0. The zero-order valence-corrected chi connectivity index (χ0v) is 13.3. The number of rotatable bonds is 4. The second-order valence-corrected chi connectivity index (χ2v) is 5.46. The summed E-state index contributed by atoms with van der Waals surface area (Å²) in [6, 6.07) is 11.4. The molecule has 0 bridgehead atoms. The van der Waals surface area contributed by atoms with Gasteiger partial charge in [-0.15, -0.1) is 0 Å². The summed E-state index contributed by atoms with van der Waals surface area (Å²) >= 11 is 0. The fourth-order valence-corrected chi connectivity index (χ4v) is 2.44. The van der Waals surface area contributed by atoms with Crippen LogP contribution in [-0.2, 0) is 4.74 Å². The molecule has 0 aliphatic heterocycles. The number of aryl methyl sites for hydroxylation is 1. The molecule has 0 fully saturated rings. The lowest BCUT2D eigenvalue weighted by molar-refractivity contribution is 0.0476. The average molecular weight is 341 g/mol. The van der Waals surface area contributed by atoms with Crippen LogP contribution in [0.1, 0.15) is 26.4 Å². The number of Topliss-reactive ketones (excluding diaryl/α,β-unsaturated/α-hetero) is 1. The van der Waals surface area contributed by atoms with Crippen molar-refractivity contribution < 1.29 is 23.1 Å². The van der Waals surface area contributed by atoms with Gasteiger partial charge in [-0.2, -0.15) is 0 Å². The Morgan fingerprint density at radius 3 is 2.56 bits per heavy atom. The summed E-state index contributed by atoms with van der Waals surface area (Å²) in [6.45, 7) is 1.18. The highest BCUT2D eigenvalue weighted by Crippen LogP contribution is 2.19. The van der Waals surface area contributed by atoms with Crippen molar-refractivity contribution in [3.63, 3.8) is 0 Å². The number of nitrogens with zero attached hydrogens (tertiary/aromatic N) is 1. The second kappa shape index (κ2) is 6.76. The Morgan fingerprint density at radius 1 is 1.04 bits per heavy atom. The van der Waals surface area contributed by atoms with E-state index in [4.69, 9.17) is 4.74 Å². The van der Waals surface area contributed by atoms with Crippen LogP contribution in [0.2, 0.25) is 0 Å². The van der Waals surface area contributed by atoms with Crippen LogP contribution in [0, 0.1) is 18.6 Å². The molecule has 0 aliphatic carbocycles. The molecule has 1 aromatic heterocycles. The van der Waals surface area contributed by atoms with E-state index in [2.05, 4.69) is 4.98 Å². The lowest BCUT2D eigenvalue weighted by Crippen LogP contribution is -2.15. The van der Waals surface area contributed by atoms with E-state index < -0.39 is 30.0 Å². The molecule has 126 valence electrons. The van der Waals surface area contributed by atoms with E-state index in [-0.39, 0.29) is 5.56 Å².